The summed E-state index contributed by atoms with van der Waals surface area (Å²) in [7, 11) is 0. The average Bonchev–Trinajstić information content (AvgIpc) is 2.63. The van der Waals surface area contributed by atoms with Crippen molar-refractivity contribution in [2.75, 3.05) is 23.3 Å². The standard InChI is InChI=1S/C19H24FN5O/c1-13-6-7-15(11-16(13)20)23-19(26)21-12-17-22-14(2)10-18(24-17)25-8-4-3-5-9-25/h6-7,10-11H,3-5,8-9,12H2,1-2H3,(H2,21,23,26). The summed E-state index contributed by atoms with van der Waals surface area (Å²) in [6.07, 6.45) is 3.60. The first kappa shape index (κ1) is 18.1. The van der Waals surface area contributed by atoms with Gasteiger partial charge in [-0.2, -0.15) is 0 Å². The van der Waals surface area contributed by atoms with E-state index in [2.05, 4.69) is 25.5 Å². The topological polar surface area (TPSA) is 70.2 Å². The quantitative estimate of drug-likeness (QED) is 0.878. The van der Waals surface area contributed by atoms with Crippen molar-refractivity contribution in [3.63, 3.8) is 0 Å². The fourth-order valence-electron chi connectivity index (χ4n) is 2.98. The fourth-order valence-corrected chi connectivity index (χ4v) is 2.98. The van der Waals surface area contributed by atoms with Crippen LogP contribution in [0.15, 0.2) is 24.3 Å². The molecule has 7 heteroatoms. The number of carbonyl (C=O) groups excluding carboxylic acids is 1. The summed E-state index contributed by atoms with van der Waals surface area (Å²) in [4.78, 5) is 23.3. The van der Waals surface area contributed by atoms with Crippen LogP contribution in [-0.4, -0.2) is 29.1 Å². The number of carbonyl (C=O) groups is 1. The Morgan fingerprint density at radius 3 is 2.65 bits per heavy atom. The third-order valence-corrected chi connectivity index (χ3v) is 4.40. The minimum absolute atomic E-state index is 0.211. The van der Waals surface area contributed by atoms with Crippen molar-refractivity contribution in [2.24, 2.45) is 0 Å². The maximum absolute atomic E-state index is 13.5. The maximum Gasteiger partial charge on any atom is 0.319 e. The fraction of sp³-hybridized carbons (Fsp3) is 0.421. The highest BCUT2D eigenvalue weighted by molar-refractivity contribution is 5.89. The molecule has 0 bridgehead atoms. The molecule has 0 aliphatic carbocycles. The van der Waals surface area contributed by atoms with E-state index in [0.717, 1.165) is 24.6 Å². The van der Waals surface area contributed by atoms with Gasteiger partial charge in [0, 0.05) is 30.5 Å². The molecule has 0 saturated carbocycles. The monoisotopic (exact) mass is 357 g/mol. The molecule has 26 heavy (non-hydrogen) atoms. The van der Waals surface area contributed by atoms with Gasteiger partial charge in [0.25, 0.3) is 0 Å². The smallest absolute Gasteiger partial charge is 0.319 e. The van der Waals surface area contributed by atoms with Crippen LogP contribution in [0.1, 0.15) is 36.3 Å². The highest BCUT2D eigenvalue weighted by Gasteiger charge is 2.14. The van der Waals surface area contributed by atoms with Crippen LogP contribution in [0.4, 0.5) is 20.7 Å². The van der Waals surface area contributed by atoms with Crippen LogP contribution in [0.2, 0.25) is 0 Å². The Bertz CT molecular complexity index is 789. The van der Waals surface area contributed by atoms with E-state index in [1.807, 2.05) is 13.0 Å². The molecular formula is C19H24FN5O. The molecule has 1 aliphatic rings. The van der Waals surface area contributed by atoms with Gasteiger partial charge in [-0.3, -0.25) is 0 Å². The van der Waals surface area contributed by atoms with Crippen molar-refractivity contribution in [3.05, 3.63) is 47.2 Å². The lowest BCUT2D eigenvalue weighted by atomic mass is 10.1. The Labute approximate surface area is 152 Å². The van der Waals surface area contributed by atoms with Crippen LogP contribution in [0, 0.1) is 19.7 Å². The van der Waals surface area contributed by atoms with Crippen LogP contribution in [-0.2, 0) is 6.54 Å². The second-order valence-electron chi connectivity index (χ2n) is 6.60. The van der Waals surface area contributed by atoms with E-state index >= 15 is 0 Å². The Kier molecular flexibility index (Phi) is 5.65. The zero-order valence-electron chi connectivity index (χ0n) is 15.2. The van der Waals surface area contributed by atoms with E-state index in [9.17, 15) is 9.18 Å². The number of hydrogen-bond acceptors (Lipinski definition) is 4. The van der Waals surface area contributed by atoms with Crippen LogP contribution in [0.5, 0.6) is 0 Å². The molecule has 2 N–H and O–H groups in total. The second kappa shape index (κ2) is 8.12. The molecule has 0 radical (unpaired) electrons. The number of nitrogens with one attached hydrogen (secondary N) is 2. The SMILES string of the molecule is Cc1cc(N2CCCCC2)nc(CNC(=O)Nc2ccc(C)c(F)c2)n1. The highest BCUT2D eigenvalue weighted by atomic mass is 19.1. The Balaban J connectivity index is 1.60. The van der Waals surface area contributed by atoms with Gasteiger partial charge >= 0.3 is 6.03 Å². The largest absolute Gasteiger partial charge is 0.357 e. The summed E-state index contributed by atoms with van der Waals surface area (Å²) < 4.78 is 13.5. The van der Waals surface area contributed by atoms with E-state index in [-0.39, 0.29) is 12.4 Å². The van der Waals surface area contributed by atoms with Gasteiger partial charge in [0.2, 0.25) is 0 Å². The van der Waals surface area contributed by atoms with Gasteiger partial charge in [0.1, 0.15) is 17.5 Å². The van der Waals surface area contributed by atoms with Gasteiger partial charge in [-0.1, -0.05) is 6.07 Å². The number of aryl methyl sites for hydroxylation is 2. The zero-order chi connectivity index (χ0) is 18.5. The molecule has 138 valence electrons. The van der Waals surface area contributed by atoms with Crippen molar-refractivity contribution in [1.82, 2.24) is 15.3 Å². The van der Waals surface area contributed by atoms with Crippen molar-refractivity contribution in [1.29, 1.82) is 0 Å². The number of urea groups is 1. The van der Waals surface area contributed by atoms with Gasteiger partial charge < -0.3 is 15.5 Å². The molecular weight excluding hydrogens is 333 g/mol. The normalized spacial score (nSPS) is 14.2. The van der Waals surface area contributed by atoms with Crippen molar-refractivity contribution < 1.29 is 9.18 Å². The van der Waals surface area contributed by atoms with Crippen LogP contribution in [0.3, 0.4) is 0 Å². The lowest BCUT2D eigenvalue weighted by Crippen LogP contribution is -2.32. The molecule has 1 fully saturated rings. The van der Waals surface area contributed by atoms with Crippen molar-refractivity contribution in [2.45, 2.75) is 39.7 Å². The lowest BCUT2D eigenvalue weighted by molar-refractivity contribution is 0.251. The predicted octanol–water partition coefficient (Wildman–Crippen LogP) is 3.54. The molecule has 2 heterocycles. The summed E-state index contributed by atoms with van der Waals surface area (Å²) in [6, 6.07) is 6.14. The molecule has 3 rings (SSSR count). The number of benzene rings is 1. The average molecular weight is 357 g/mol. The number of hydrogen-bond donors (Lipinski definition) is 2. The molecule has 1 aromatic carbocycles. The molecule has 2 amide bonds. The van der Waals surface area contributed by atoms with Gasteiger partial charge in [0.15, 0.2) is 0 Å². The maximum atomic E-state index is 13.5. The molecule has 6 nitrogen and oxygen atoms in total. The third kappa shape index (κ3) is 4.68. The van der Waals surface area contributed by atoms with E-state index in [1.165, 1.54) is 25.3 Å². The van der Waals surface area contributed by atoms with Gasteiger partial charge in [0.05, 0.1) is 6.54 Å². The molecule has 1 aromatic heterocycles. The number of aromatic nitrogens is 2. The minimum Gasteiger partial charge on any atom is -0.357 e. The van der Waals surface area contributed by atoms with Crippen LogP contribution in [0.25, 0.3) is 0 Å². The summed E-state index contributed by atoms with van der Waals surface area (Å²) >= 11 is 0. The second-order valence-corrected chi connectivity index (χ2v) is 6.60. The minimum atomic E-state index is -0.419. The molecule has 1 aliphatic heterocycles. The number of anilines is 2. The number of halogens is 1. The van der Waals surface area contributed by atoms with Gasteiger partial charge in [-0.15, -0.1) is 0 Å². The first-order valence-electron chi connectivity index (χ1n) is 8.92. The Hall–Kier alpha value is -2.70. The summed E-state index contributed by atoms with van der Waals surface area (Å²) in [5.41, 5.74) is 1.82. The number of nitrogens with zero attached hydrogens (tertiary/aromatic N) is 3. The zero-order valence-corrected chi connectivity index (χ0v) is 15.2. The Morgan fingerprint density at radius 2 is 1.92 bits per heavy atom. The summed E-state index contributed by atoms with van der Waals surface area (Å²) in [6.45, 7) is 5.82. The van der Waals surface area contributed by atoms with Crippen molar-refractivity contribution >= 4 is 17.5 Å². The first-order valence-corrected chi connectivity index (χ1v) is 8.92. The molecule has 0 unspecified atom stereocenters. The van der Waals surface area contributed by atoms with Crippen LogP contribution >= 0.6 is 0 Å². The van der Waals surface area contributed by atoms with Gasteiger partial charge in [-0.05, 0) is 50.8 Å². The highest BCUT2D eigenvalue weighted by Crippen LogP contribution is 2.18. The summed E-state index contributed by atoms with van der Waals surface area (Å²) in [5, 5.41) is 5.34. The molecule has 1 saturated heterocycles. The Morgan fingerprint density at radius 1 is 1.15 bits per heavy atom. The number of rotatable bonds is 4. The first-order chi connectivity index (χ1) is 12.5. The van der Waals surface area contributed by atoms with Crippen molar-refractivity contribution in [3.8, 4) is 0 Å². The number of piperidine rings is 1. The van der Waals surface area contributed by atoms with Gasteiger partial charge in [-0.25, -0.2) is 19.2 Å². The van der Waals surface area contributed by atoms with Crippen LogP contribution < -0.4 is 15.5 Å². The molecule has 0 atom stereocenters. The molecule has 2 aromatic rings. The lowest BCUT2D eigenvalue weighted by Gasteiger charge is -2.28. The van der Waals surface area contributed by atoms with E-state index in [0.29, 0.717) is 17.1 Å². The van der Waals surface area contributed by atoms with E-state index in [4.69, 9.17) is 0 Å². The van der Waals surface area contributed by atoms with E-state index < -0.39 is 6.03 Å². The molecule has 0 spiro atoms. The summed E-state index contributed by atoms with van der Waals surface area (Å²) in [5.74, 6) is 1.13. The van der Waals surface area contributed by atoms with E-state index in [1.54, 1.807) is 19.1 Å². The third-order valence-electron chi connectivity index (χ3n) is 4.40. The predicted molar refractivity (Wildman–Crippen MR) is 99.8 cm³/mol. The number of amides is 2.